The van der Waals surface area contributed by atoms with Gasteiger partial charge in [0.2, 0.25) is 0 Å². The Morgan fingerprint density at radius 2 is 1.39 bits per heavy atom. The Morgan fingerprint density at radius 1 is 0.610 bits per heavy atom. The minimum absolute atomic E-state index is 0.656. The molecule has 3 aromatic heterocycles. The summed E-state index contributed by atoms with van der Waals surface area (Å²) in [5.41, 5.74) is 7.93. The Morgan fingerprint density at radius 3 is 2.32 bits per heavy atom. The number of furan rings is 1. The van der Waals surface area contributed by atoms with Crippen LogP contribution < -0.4 is 0 Å². The van der Waals surface area contributed by atoms with Crippen LogP contribution >= 0.6 is 11.3 Å². The van der Waals surface area contributed by atoms with Gasteiger partial charge in [0.25, 0.3) is 0 Å². The molecule has 3 nitrogen and oxygen atoms in total. The van der Waals surface area contributed by atoms with Crippen molar-refractivity contribution in [2.45, 2.75) is 0 Å². The third-order valence-electron chi connectivity index (χ3n) is 8.23. The zero-order valence-electron chi connectivity index (χ0n) is 21.8. The summed E-state index contributed by atoms with van der Waals surface area (Å²) in [7, 11) is 0. The van der Waals surface area contributed by atoms with Crippen molar-refractivity contribution >= 4 is 75.3 Å². The molecule has 9 aromatic rings. The molecule has 0 saturated heterocycles. The minimum Gasteiger partial charge on any atom is -0.454 e. The zero-order chi connectivity index (χ0) is 27.1. The molecule has 0 aliphatic carbocycles. The molecule has 0 bridgehead atoms. The van der Waals surface area contributed by atoms with Gasteiger partial charge in [0, 0.05) is 41.7 Å². The predicted octanol–water partition coefficient (Wildman–Crippen LogP) is 10.6. The van der Waals surface area contributed by atoms with Gasteiger partial charge in [-0.2, -0.15) is 5.26 Å². The highest BCUT2D eigenvalue weighted by Crippen LogP contribution is 2.42. The Kier molecular flexibility index (Phi) is 4.55. The topological polar surface area (TPSA) is 41.9 Å². The minimum atomic E-state index is 0.656. The maximum absolute atomic E-state index is 9.54. The zero-order valence-corrected chi connectivity index (χ0v) is 22.6. The van der Waals surface area contributed by atoms with Gasteiger partial charge in [-0.25, -0.2) is 0 Å². The van der Waals surface area contributed by atoms with Crippen molar-refractivity contribution in [3.05, 3.63) is 127 Å². The van der Waals surface area contributed by atoms with Gasteiger partial charge in [0.15, 0.2) is 5.58 Å². The van der Waals surface area contributed by atoms with Crippen LogP contribution in [0.1, 0.15) is 5.56 Å². The first-order valence-electron chi connectivity index (χ1n) is 13.6. The van der Waals surface area contributed by atoms with Crippen LogP contribution in [0.2, 0.25) is 0 Å². The molecule has 0 spiro atoms. The maximum atomic E-state index is 9.54. The van der Waals surface area contributed by atoms with E-state index in [1.165, 1.54) is 31.3 Å². The van der Waals surface area contributed by atoms with E-state index in [0.29, 0.717) is 5.56 Å². The van der Waals surface area contributed by atoms with E-state index in [2.05, 4.69) is 108 Å². The largest absolute Gasteiger partial charge is 0.454 e. The molecule has 0 radical (unpaired) electrons. The van der Waals surface area contributed by atoms with Crippen LogP contribution in [0, 0.1) is 11.3 Å². The lowest BCUT2D eigenvalue weighted by atomic mass is 10.0. The predicted molar refractivity (Wildman–Crippen MR) is 171 cm³/mol. The molecule has 4 heteroatoms. The van der Waals surface area contributed by atoms with E-state index < -0.39 is 0 Å². The average molecular weight is 541 g/mol. The molecule has 0 unspecified atom stereocenters. The molecule has 9 rings (SSSR count). The summed E-state index contributed by atoms with van der Waals surface area (Å²) >= 11 is 1.85. The van der Waals surface area contributed by atoms with Gasteiger partial charge in [-0.05, 0) is 59.7 Å². The van der Waals surface area contributed by atoms with Gasteiger partial charge in [-0.3, -0.25) is 0 Å². The van der Waals surface area contributed by atoms with Gasteiger partial charge < -0.3 is 8.98 Å². The SMILES string of the molecule is N#Cc1ccc2c(c1)c1ccccc1n2-c1cccc2c1oc1ccc(-c3cccc4c3sc3ccccc34)cc12. The number of thiophene rings is 1. The summed E-state index contributed by atoms with van der Waals surface area (Å²) in [6.45, 7) is 0. The standard InChI is InChI=1S/C37H20N2OS/c38-21-22-15-17-32-29(19-22)25-7-1-3-12-31(25)39(32)33-13-6-10-27-30-20-23(16-18-34(30)40-36(27)33)24-9-5-11-28-26-8-2-4-14-35(26)41-37(24)28/h1-20H. The highest BCUT2D eigenvalue weighted by atomic mass is 32.1. The average Bonchev–Trinajstić information content (AvgIpc) is 3.70. The van der Waals surface area contributed by atoms with Gasteiger partial charge in [-0.1, -0.05) is 72.8 Å². The van der Waals surface area contributed by atoms with Crippen LogP contribution in [0.4, 0.5) is 0 Å². The lowest BCUT2D eigenvalue weighted by Crippen LogP contribution is -1.94. The van der Waals surface area contributed by atoms with Crippen molar-refractivity contribution in [3.63, 3.8) is 0 Å². The first kappa shape index (κ1) is 22.4. The van der Waals surface area contributed by atoms with E-state index in [-0.39, 0.29) is 0 Å². The number of para-hydroxylation sites is 2. The van der Waals surface area contributed by atoms with Crippen molar-refractivity contribution < 1.29 is 4.42 Å². The monoisotopic (exact) mass is 540 g/mol. The molecule has 0 amide bonds. The summed E-state index contributed by atoms with van der Waals surface area (Å²) in [6, 6.07) is 44.7. The van der Waals surface area contributed by atoms with E-state index in [4.69, 9.17) is 4.42 Å². The second-order valence-corrected chi connectivity index (χ2v) is 11.5. The Bertz CT molecular complexity index is 2560. The first-order valence-corrected chi connectivity index (χ1v) is 14.4. The van der Waals surface area contributed by atoms with Gasteiger partial charge in [0.05, 0.1) is 28.4 Å². The van der Waals surface area contributed by atoms with E-state index in [0.717, 1.165) is 49.4 Å². The maximum Gasteiger partial charge on any atom is 0.159 e. The second kappa shape index (κ2) is 8.32. The van der Waals surface area contributed by atoms with Crippen molar-refractivity contribution in [2.75, 3.05) is 0 Å². The molecule has 0 N–H and O–H groups in total. The molecule has 0 fully saturated rings. The van der Waals surface area contributed by atoms with Gasteiger partial charge >= 0.3 is 0 Å². The normalized spacial score (nSPS) is 11.9. The fraction of sp³-hybridized carbons (Fsp3) is 0. The van der Waals surface area contributed by atoms with Crippen LogP contribution in [0.3, 0.4) is 0 Å². The Balaban J connectivity index is 1.30. The summed E-state index contributed by atoms with van der Waals surface area (Å²) in [6.07, 6.45) is 0. The molecule has 6 aromatic carbocycles. The number of rotatable bonds is 2. The quantitative estimate of drug-likeness (QED) is 0.219. The molecule has 3 heterocycles. The fourth-order valence-corrected chi connectivity index (χ4v) is 7.64. The third-order valence-corrected chi connectivity index (χ3v) is 9.45. The Hall–Kier alpha value is -5.37. The highest BCUT2D eigenvalue weighted by Gasteiger charge is 2.18. The number of hydrogen-bond donors (Lipinski definition) is 0. The van der Waals surface area contributed by atoms with E-state index in [9.17, 15) is 5.26 Å². The van der Waals surface area contributed by atoms with Crippen LogP contribution in [0.5, 0.6) is 0 Å². The molecule has 41 heavy (non-hydrogen) atoms. The van der Waals surface area contributed by atoms with E-state index in [1.54, 1.807) is 0 Å². The number of aromatic nitrogens is 1. The molecule has 190 valence electrons. The summed E-state index contributed by atoms with van der Waals surface area (Å²) < 4.78 is 11.5. The van der Waals surface area contributed by atoms with Crippen molar-refractivity contribution in [3.8, 4) is 22.9 Å². The molecular weight excluding hydrogens is 520 g/mol. The van der Waals surface area contributed by atoms with E-state index >= 15 is 0 Å². The summed E-state index contributed by atoms with van der Waals surface area (Å²) in [4.78, 5) is 0. The number of nitrogens with zero attached hydrogens (tertiary/aromatic N) is 2. The smallest absolute Gasteiger partial charge is 0.159 e. The van der Waals surface area contributed by atoms with E-state index in [1.807, 2.05) is 35.6 Å². The molecule has 0 aliphatic rings. The highest BCUT2D eigenvalue weighted by molar-refractivity contribution is 7.26. The number of benzene rings is 6. The van der Waals surface area contributed by atoms with Crippen molar-refractivity contribution in [2.24, 2.45) is 0 Å². The lowest BCUT2D eigenvalue weighted by molar-refractivity contribution is 0.666. The third kappa shape index (κ3) is 3.12. The van der Waals surface area contributed by atoms with Crippen LogP contribution in [-0.4, -0.2) is 4.57 Å². The van der Waals surface area contributed by atoms with Gasteiger partial charge in [0.1, 0.15) is 5.58 Å². The van der Waals surface area contributed by atoms with Crippen LogP contribution in [0.25, 0.3) is 80.7 Å². The summed E-state index contributed by atoms with van der Waals surface area (Å²) in [5, 5.41) is 16.5. The molecule has 0 saturated carbocycles. The number of nitriles is 1. The molecule has 0 aliphatic heterocycles. The molecular formula is C37H20N2OS. The lowest BCUT2D eigenvalue weighted by Gasteiger charge is -2.08. The number of fused-ring (bicyclic) bond motifs is 9. The fourth-order valence-electron chi connectivity index (χ4n) is 6.40. The van der Waals surface area contributed by atoms with Crippen LogP contribution in [0.15, 0.2) is 126 Å². The molecule has 0 atom stereocenters. The van der Waals surface area contributed by atoms with Crippen molar-refractivity contribution in [1.82, 2.24) is 4.57 Å². The second-order valence-electron chi connectivity index (χ2n) is 10.4. The Labute approximate surface area is 238 Å². The number of hydrogen-bond acceptors (Lipinski definition) is 3. The van der Waals surface area contributed by atoms with Crippen LogP contribution in [-0.2, 0) is 0 Å². The first-order chi connectivity index (χ1) is 20.3. The van der Waals surface area contributed by atoms with Gasteiger partial charge in [-0.15, -0.1) is 11.3 Å². The summed E-state index contributed by atoms with van der Waals surface area (Å²) in [5.74, 6) is 0. The van der Waals surface area contributed by atoms with Crippen molar-refractivity contribution in [1.29, 1.82) is 5.26 Å².